The van der Waals surface area contributed by atoms with Gasteiger partial charge in [-0.1, -0.05) is 25.5 Å². The largest absolute Gasteiger partial charge is 0.374 e. The molecule has 9 heteroatoms. The Balaban J connectivity index is 1.27. The number of amides is 1. The Kier molecular flexibility index (Phi) is 6.11. The summed E-state index contributed by atoms with van der Waals surface area (Å²) in [6.45, 7) is 3.66. The summed E-state index contributed by atoms with van der Waals surface area (Å²) in [5, 5.41) is 7.74. The van der Waals surface area contributed by atoms with E-state index in [2.05, 4.69) is 22.2 Å². The third-order valence-corrected chi connectivity index (χ3v) is 8.13. The van der Waals surface area contributed by atoms with Gasteiger partial charge in [-0.05, 0) is 56.2 Å². The molecular formula is C27H31F2N5O2. The molecule has 2 aromatic heterocycles. The van der Waals surface area contributed by atoms with E-state index in [4.69, 9.17) is 9.72 Å². The maximum absolute atomic E-state index is 13.9. The number of carbonyl (C=O) groups is 1. The molecule has 0 unspecified atom stereocenters. The Morgan fingerprint density at radius 1 is 1.17 bits per heavy atom. The molecule has 1 aliphatic carbocycles. The van der Waals surface area contributed by atoms with Gasteiger partial charge in [-0.15, -0.1) is 0 Å². The Bertz CT molecular complexity index is 1270. The molecule has 1 saturated carbocycles. The number of nitrogens with zero attached hydrogens (tertiary/aromatic N) is 4. The molecule has 1 aromatic carbocycles. The van der Waals surface area contributed by atoms with E-state index in [9.17, 15) is 13.6 Å². The van der Waals surface area contributed by atoms with Crippen molar-refractivity contribution in [2.75, 3.05) is 23.4 Å². The number of para-hydroxylation sites is 1. The van der Waals surface area contributed by atoms with Crippen LogP contribution >= 0.6 is 0 Å². The van der Waals surface area contributed by atoms with Crippen molar-refractivity contribution in [1.29, 1.82) is 0 Å². The molecule has 36 heavy (non-hydrogen) atoms. The van der Waals surface area contributed by atoms with Crippen LogP contribution in [0.15, 0.2) is 36.5 Å². The number of hydrogen-bond acceptors (Lipinski definition) is 5. The van der Waals surface area contributed by atoms with Gasteiger partial charge in [0.1, 0.15) is 5.82 Å². The number of anilines is 2. The van der Waals surface area contributed by atoms with Gasteiger partial charge in [0.05, 0.1) is 41.6 Å². The van der Waals surface area contributed by atoms with E-state index in [0.29, 0.717) is 29.6 Å². The van der Waals surface area contributed by atoms with E-state index >= 15 is 0 Å². The molecule has 3 aliphatic rings. The Hall–Kier alpha value is -3.07. The highest BCUT2D eigenvalue weighted by Crippen LogP contribution is 2.36. The molecule has 1 amide bonds. The number of pyridine rings is 1. The van der Waals surface area contributed by atoms with Gasteiger partial charge < -0.3 is 15.0 Å². The summed E-state index contributed by atoms with van der Waals surface area (Å²) in [5.41, 5.74) is 0.587. The number of alkyl halides is 2. The molecule has 4 heterocycles. The fourth-order valence-electron chi connectivity index (χ4n) is 6.02. The summed E-state index contributed by atoms with van der Waals surface area (Å²) in [5.74, 6) is 1.03. The number of halogens is 2. The number of ether oxygens (including phenoxy) is 1. The van der Waals surface area contributed by atoms with E-state index in [0.717, 1.165) is 56.3 Å². The Morgan fingerprint density at radius 2 is 2.00 bits per heavy atom. The van der Waals surface area contributed by atoms with Crippen molar-refractivity contribution in [3.63, 3.8) is 0 Å². The van der Waals surface area contributed by atoms with Crippen LogP contribution in [0.1, 0.15) is 74.0 Å². The number of nitrogens with one attached hydrogen (secondary N) is 1. The maximum atomic E-state index is 13.9. The highest BCUT2D eigenvalue weighted by molar-refractivity contribution is 6.12. The lowest BCUT2D eigenvalue weighted by Crippen LogP contribution is -2.37. The maximum Gasteiger partial charge on any atom is 0.284 e. The molecule has 7 nitrogen and oxygen atoms in total. The van der Waals surface area contributed by atoms with Crippen LogP contribution in [0, 0.1) is 5.92 Å². The number of morpholine rings is 1. The first-order chi connectivity index (χ1) is 17.5. The van der Waals surface area contributed by atoms with Crippen LogP contribution in [0.25, 0.3) is 10.9 Å². The second-order valence-corrected chi connectivity index (χ2v) is 10.3. The molecular weight excluding hydrogens is 464 g/mol. The molecule has 2 atom stereocenters. The molecule has 1 N–H and O–H groups in total. The van der Waals surface area contributed by atoms with Crippen molar-refractivity contribution in [3.8, 4) is 0 Å². The fourth-order valence-corrected chi connectivity index (χ4v) is 6.02. The Morgan fingerprint density at radius 3 is 2.69 bits per heavy atom. The third kappa shape index (κ3) is 4.23. The summed E-state index contributed by atoms with van der Waals surface area (Å²) < 4.78 is 35.1. The first-order valence-electron chi connectivity index (χ1n) is 13.0. The zero-order valence-corrected chi connectivity index (χ0v) is 20.4. The SMILES string of the molecule is CCC1CCC(n2cc(NC(=O)c3cccc4ccc(N5C[C@H]6C[C@@H]5CO6)nc34)c(C(F)F)n2)CC1. The van der Waals surface area contributed by atoms with E-state index < -0.39 is 12.3 Å². The minimum Gasteiger partial charge on any atom is -0.374 e. The van der Waals surface area contributed by atoms with Gasteiger partial charge >= 0.3 is 0 Å². The zero-order chi connectivity index (χ0) is 24.8. The standard InChI is InChI=1S/C27H31F2N5O2/c1-2-16-6-9-18(10-7-16)34-14-22(25(32-34)26(28)29)30-27(35)21-5-3-4-17-8-11-23(31-24(17)21)33-13-20-12-19(33)15-36-20/h3-5,8,11,14,16,18-20,26H,2,6-7,9-10,12-13,15H2,1H3,(H,30,35)/t16?,18?,19-,20-/m1/s1. The van der Waals surface area contributed by atoms with Crippen LogP contribution in [0.4, 0.5) is 20.3 Å². The van der Waals surface area contributed by atoms with Gasteiger partial charge in [0, 0.05) is 18.1 Å². The van der Waals surface area contributed by atoms with Crippen LogP contribution < -0.4 is 10.2 Å². The van der Waals surface area contributed by atoms with E-state index in [1.54, 1.807) is 23.0 Å². The summed E-state index contributed by atoms with van der Waals surface area (Å²) >= 11 is 0. The number of benzene rings is 1. The first kappa shape index (κ1) is 23.3. The molecule has 0 radical (unpaired) electrons. The van der Waals surface area contributed by atoms with Gasteiger partial charge in [-0.25, -0.2) is 13.8 Å². The molecule has 2 aliphatic heterocycles. The minimum absolute atomic E-state index is 0.0646. The van der Waals surface area contributed by atoms with E-state index in [-0.39, 0.29) is 23.5 Å². The van der Waals surface area contributed by atoms with Crippen molar-refractivity contribution in [2.45, 2.75) is 70.1 Å². The normalized spacial score (nSPS) is 25.7. The lowest BCUT2D eigenvalue weighted by molar-refractivity contribution is 0.0988. The van der Waals surface area contributed by atoms with Crippen molar-refractivity contribution in [2.24, 2.45) is 5.92 Å². The fraction of sp³-hybridized carbons (Fsp3) is 0.519. The van der Waals surface area contributed by atoms with Crippen molar-refractivity contribution < 1.29 is 18.3 Å². The second-order valence-electron chi connectivity index (χ2n) is 10.3. The quantitative estimate of drug-likeness (QED) is 0.472. The summed E-state index contributed by atoms with van der Waals surface area (Å²) in [7, 11) is 0. The number of rotatable bonds is 6. The summed E-state index contributed by atoms with van der Waals surface area (Å²) in [6, 6.07) is 9.68. The average molecular weight is 496 g/mol. The molecule has 3 fully saturated rings. The van der Waals surface area contributed by atoms with Crippen LogP contribution in [0.5, 0.6) is 0 Å². The Labute approximate surface area is 208 Å². The van der Waals surface area contributed by atoms with Gasteiger partial charge in [0.15, 0.2) is 5.69 Å². The smallest absolute Gasteiger partial charge is 0.284 e. The molecule has 0 spiro atoms. The van der Waals surface area contributed by atoms with Crippen LogP contribution in [0.3, 0.4) is 0 Å². The number of aromatic nitrogens is 3. The van der Waals surface area contributed by atoms with E-state index in [1.165, 1.54) is 0 Å². The predicted octanol–water partition coefficient (Wildman–Crippen LogP) is 5.74. The predicted molar refractivity (Wildman–Crippen MR) is 134 cm³/mol. The minimum atomic E-state index is -2.78. The monoisotopic (exact) mass is 495 g/mol. The lowest BCUT2D eigenvalue weighted by atomic mass is 9.85. The van der Waals surface area contributed by atoms with Crippen LogP contribution in [-0.2, 0) is 4.74 Å². The summed E-state index contributed by atoms with van der Waals surface area (Å²) in [4.78, 5) is 20.4. The van der Waals surface area contributed by atoms with Crippen LogP contribution in [0.2, 0.25) is 0 Å². The van der Waals surface area contributed by atoms with E-state index in [1.807, 2.05) is 18.2 Å². The zero-order valence-electron chi connectivity index (χ0n) is 20.4. The molecule has 190 valence electrons. The number of carbonyl (C=O) groups excluding carboxylic acids is 1. The molecule has 3 aromatic rings. The van der Waals surface area contributed by atoms with Gasteiger partial charge in [-0.3, -0.25) is 9.48 Å². The molecule has 6 rings (SSSR count). The topological polar surface area (TPSA) is 72.3 Å². The van der Waals surface area contributed by atoms with Crippen molar-refractivity contribution >= 4 is 28.3 Å². The lowest BCUT2D eigenvalue weighted by Gasteiger charge is -2.28. The molecule has 2 bridgehead atoms. The number of hydrogen-bond donors (Lipinski definition) is 1. The van der Waals surface area contributed by atoms with Gasteiger partial charge in [-0.2, -0.15) is 5.10 Å². The van der Waals surface area contributed by atoms with Crippen molar-refractivity contribution in [1.82, 2.24) is 14.8 Å². The van der Waals surface area contributed by atoms with Gasteiger partial charge in [0.2, 0.25) is 0 Å². The third-order valence-electron chi connectivity index (χ3n) is 8.13. The summed E-state index contributed by atoms with van der Waals surface area (Å²) in [6.07, 6.45) is 5.12. The van der Waals surface area contributed by atoms with Crippen LogP contribution in [-0.4, -0.2) is 46.0 Å². The molecule has 2 saturated heterocycles. The van der Waals surface area contributed by atoms with Crippen molar-refractivity contribution in [3.05, 3.63) is 47.8 Å². The highest BCUT2D eigenvalue weighted by Gasteiger charge is 2.39. The average Bonchev–Trinajstić information content (AvgIpc) is 3.64. The number of fused-ring (bicyclic) bond motifs is 3. The highest BCUT2D eigenvalue weighted by atomic mass is 19.3. The first-order valence-corrected chi connectivity index (χ1v) is 13.0. The second kappa shape index (κ2) is 9.42. The van der Waals surface area contributed by atoms with Gasteiger partial charge in [0.25, 0.3) is 12.3 Å².